The molecule has 0 spiro atoms. The molecule has 8 nitrogen and oxygen atoms in total. The molecule has 0 aliphatic carbocycles. The van der Waals surface area contributed by atoms with E-state index in [9.17, 15) is 14.3 Å². The number of hydrogen-bond donors (Lipinski definition) is 0. The molecule has 0 N–H and O–H groups in total. The quantitative estimate of drug-likeness (QED) is 0.419. The van der Waals surface area contributed by atoms with Gasteiger partial charge in [-0.05, 0) is 29.0 Å². The summed E-state index contributed by atoms with van der Waals surface area (Å²) in [4.78, 5) is 10.2. The maximum atomic E-state index is 12.3. The van der Waals surface area contributed by atoms with Crippen LogP contribution in [-0.4, -0.2) is 35.1 Å². The third-order valence-electron chi connectivity index (χ3n) is 3.13. The predicted molar refractivity (Wildman–Crippen MR) is 81.2 cm³/mol. The molecule has 1 aromatic heterocycles. The molecule has 1 aromatic carbocycles. The SMILES string of the molecule is CCCCCCS(=O)c1nnnn1-c1ccc([N+](=O)[O-])cc1. The Labute approximate surface area is 130 Å². The van der Waals surface area contributed by atoms with Gasteiger partial charge in [0.1, 0.15) is 0 Å². The Hall–Kier alpha value is -2.16. The number of rotatable bonds is 8. The lowest BCUT2D eigenvalue weighted by Gasteiger charge is -2.04. The highest BCUT2D eigenvalue weighted by atomic mass is 32.2. The molecule has 0 bridgehead atoms. The maximum absolute atomic E-state index is 12.3. The van der Waals surface area contributed by atoms with Gasteiger partial charge in [0.15, 0.2) is 0 Å². The van der Waals surface area contributed by atoms with Gasteiger partial charge in [0, 0.05) is 17.9 Å². The van der Waals surface area contributed by atoms with E-state index < -0.39 is 15.7 Å². The first-order chi connectivity index (χ1) is 10.6. The summed E-state index contributed by atoms with van der Waals surface area (Å²) in [6.45, 7) is 2.12. The molecule has 1 atom stereocenters. The van der Waals surface area contributed by atoms with Crippen LogP contribution in [0.15, 0.2) is 29.4 Å². The molecule has 1 heterocycles. The van der Waals surface area contributed by atoms with Gasteiger partial charge >= 0.3 is 0 Å². The van der Waals surface area contributed by atoms with Gasteiger partial charge in [0.25, 0.3) is 5.69 Å². The van der Waals surface area contributed by atoms with E-state index in [1.165, 1.54) is 28.9 Å². The molecule has 2 aromatic rings. The summed E-state index contributed by atoms with van der Waals surface area (Å²) in [6, 6.07) is 5.80. The normalized spacial score (nSPS) is 12.2. The Bertz CT molecular complexity index is 656. The van der Waals surface area contributed by atoms with E-state index in [0.717, 1.165) is 25.7 Å². The highest BCUT2D eigenvalue weighted by Gasteiger charge is 2.16. The van der Waals surface area contributed by atoms with Crippen molar-refractivity contribution in [3.8, 4) is 5.69 Å². The number of hydrogen-bond acceptors (Lipinski definition) is 6. The molecule has 22 heavy (non-hydrogen) atoms. The monoisotopic (exact) mass is 323 g/mol. The van der Waals surface area contributed by atoms with E-state index in [1.807, 2.05) is 0 Å². The Morgan fingerprint density at radius 1 is 1.23 bits per heavy atom. The van der Waals surface area contributed by atoms with E-state index in [2.05, 4.69) is 22.4 Å². The van der Waals surface area contributed by atoms with Crippen LogP contribution in [0.5, 0.6) is 0 Å². The minimum atomic E-state index is -1.29. The minimum absolute atomic E-state index is 0.0148. The van der Waals surface area contributed by atoms with Gasteiger partial charge in [0.2, 0.25) is 5.16 Å². The summed E-state index contributed by atoms with van der Waals surface area (Å²) in [5, 5.41) is 22.1. The van der Waals surface area contributed by atoms with E-state index in [4.69, 9.17) is 0 Å². The third kappa shape index (κ3) is 3.94. The van der Waals surface area contributed by atoms with Crippen molar-refractivity contribution in [1.82, 2.24) is 20.2 Å². The molecular formula is C13H17N5O3S. The zero-order chi connectivity index (χ0) is 15.9. The fourth-order valence-electron chi connectivity index (χ4n) is 1.95. The van der Waals surface area contributed by atoms with Crippen molar-refractivity contribution in [3.05, 3.63) is 34.4 Å². The second-order valence-electron chi connectivity index (χ2n) is 4.76. The van der Waals surface area contributed by atoms with Gasteiger partial charge in [-0.2, -0.15) is 4.68 Å². The average Bonchev–Trinajstić information content (AvgIpc) is 3.01. The Kier molecular flexibility index (Phi) is 5.70. The highest BCUT2D eigenvalue weighted by molar-refractivity contribution is 7.84. The topological polar surface area (TPSA) is 104 Å². The second kappa shape index (κ2) is 7.74. The summed E-state index contributed by atoms with van der Waals surface area (Å²) < 4.78 is 13.6. The maximum Gasteiger partial charge on any atom is 0.269 e. The fraction of sp³-hybridized carbons (Fsp3) is 0.462. The number of unbranched alkanes of at least 4 members (excludes halogenated alkanes) is 3. The van der Waals surface area contributed by atoms with Crippen LogP contribution in [0.4, 0.5) is 5.69 Å². The van der Waals surface area contributed by atoms with Crippen molar-refractivity contribution < 1.29 is 9.13 Å². The lowest BCUT2D eigenvalue weighted by Crippen LogP contribution is -2.08. The molecule has 0 aliphatic rings. The molecule has 0 saturated heterocycles. The molecule has 2 rings (SSSR count). The van der Waals surface area contributed by atoms with Crippen molar-refractivity contribution >= 4 is 16.5 Å². The summed E-state index contributed by atoms with van der Waals surface area (Å²) in [5.74, 6) is 0.507. The largest absolute Gasteiger partial charge is 0.269 e. The van der Waals surface area contributed by atoms with Crippen molar-refractivity contribution in [2.24, 2.45) is 0 Å². The first kappa shape index (κ1) is 16.2. The summed E-state index contributed by atoms with van der Waals surface area (Å²) in [5.41, 5.74) is 0.534. The highest BCUT2D eigenvalue weighted by Crippen LogP contribution is 2.16. The summed E-state index contributed by atoms with van der Waals surface area (Å²) in [7, 11) is -1.29. The number of aromatic nitrogens is 4. The fourth-order valence-corrected chi connectivity index (χ4v) is 3.06. The van der Waals surface area contributed by atoms with Crippen LogP contribution >= 0.6 is 0 Å². The van der Waals surface area contributed by atoms with Gasteiger partial charge in [-0.25, -0.2) is 0 Å². The van der Waals surface area contributed by atoms with Crippen LogP contribution < -0.4 is 0 Å². The van der Waals surface area contributed by atoms with Crippen LogP contribution in [0.1, 0.15) is 32.6 Å². The van der Waals surface area contributed by atoms with Crippen molar-refractivity contribution in [2.45, 2.75) is 37.8 Å². The zero-order valence-corrected chi connectivity index (χ0v) is 13.0. The second-order valence-corrected chi connectivity index (χ2v) is 6.22. The zero-order valence-electron chi connectivity index (χ0n) is 12.2. The molecule has 0 radical (unpaired) electrons. The van der Waals surface area contributed by atoms with Crippen molar-refractivity contribution in [1.29, 1.82) is 0 Å². The summed E-state index contributed by atoms with van der Waals surface area (Å²) >= 11 is 0. The van der Waals surface area contributed by atoms with Crippen LogP contribution in [0.3, 0.4) is 0 Å². The number of nitro benzene ring substituents is 1. The van der Waals surface area contributed by atoms with E-state index in [-0.39, 0.29) is 10.8 Å². The number of tetrazole rings is 1. The number of non-ortho nitro benzene ring substituents is 1. The predicted octanol–water partition coefficient (Wildman–Crippen LogP) is 2.26. The Morgan fingerprint density at radius 3 is 2.59 bits per heavy atom. The van der Waals surface area contributed by atoms with E-state index in [0.29, 0.717) is 11.4 Å². The third-order valence-corrected chi connectivity index (χ3v) is 4.45. The van der Waals surface area contributed by atoms with E-state index >= 15 is 0 Å². The first-order valence-electron chi connectivity index (χ1n) is 7.05. The van der Waals surface area contributed by atoms with Crippen molar-refractivity contribution in [2.75, 3.05) is 5.75 Å². The number of nitro groups is 1. The molecule has 1 unspecified atom stereocenters. The van der Waals surface area contributed by atoms with Crippen LogP contribution in [-0.2, 0) is 10.8 Å². The standard InChI is InChI=1S/C13H17N5O3S/c1-2-3-4-5-10-22(21)13-14-15-16-17(13)11-6-8-12(9-7-11)18(19)20/h6-9H,2-5,10H2,1H3. The number of nitrogens with zero attached hydrogens (tertiary/aromatic N) is 5. The Morgan fingerprint density at radius 2 is 1.95 bits per heavy atom. The van der Waals surface area contributed by atoms with Crippen LogP contribution in [0.25, 0.3) is 5.69 Å². The van der Waals surface area contributed by atoms with Gasteiger partial charge in [-0.3, -0.25) is 14.3 Å². The van der Waals surface area contributed by atoms with Gasteiger partial charge in [-0.15, -0.1) is 0 Å². The van der Waals surface area contributed by atoms with Gasteiger partial charge in [-0.1, -0.05) is 31.3 Å². The molecule has 0 amide bonds. The molecule has 0 aliphatic heterocycles. The lowest BCUT2D eigenvalue weighted by molar-refractivity contribution is -0.384. The molecular weight excluding hydrogens is 306 g/mol. The van der Waals surface area contributed by atoms with E-state index in [1.54, 1.807) is 0 Å². The van der Waals surface area contributed by atoms with Gasteiger partial charge in [0.05, 0.1) is 21.4 Å². The molecule has 118 valence electrons. The van der Waals surface area contributed by atoms with Gasteiger partial charge < -0.3 is 0 Å². The van der Waals surface area contributed by atoms with Crippen LogP contribution in [0.2, 0.25) is 0 Å². The molecule has 9 heteroatoms. The smallest absolute Gasteiger partial charge is 0.258 e. The average molecular weight is 323 g/mol. The molecule has 0 fully saturated rings. The lowest BCUT2D eigenvalue weighted by atomic mass is 10.2. The summed E-state index contributed by atoms with van der Waals surface area (Å²) in [6.07, 6.45) is 4.12. The first-order valence-corrected chi connectivity index (χ1v) is 8.37. The number of benzene rings is 1. The Balaban J connectivity index is 2.11. The minimum Gasteiger partial charge on any atom is -0.258 e. The van der Waals surface area contributed by atoms with Crippen LogP contribution in [0, 0.1) is 10.1 Å². The van der Waals surface area contributed by atoms with Crippen molar-refractivity contribution in [3.63, 3.8) is 0 Å². The molecule has 0 saturated carbocycles.